The molecule has 0 saturated heterocycles. The highest BCUT2D eigenvalue weighted by atomic mass is 79.9. The number of aliphatic carboxylic acids is 1. The number of aromatic nitrogens is 3. The summed E-state index contributed by atoms with van der Waals surface area (Å²) in [4.78, 5) is 15.3. The van der Waals surface area contributed by atoms with Gasteiger partial charge < -0.3 is 9.84 Å². The number of ether oxygens (including phenoxy) is 1. The third kappa shape index (κ3) is 4.91. The quantitative estimate of drug-likeness (QED) is 0.463. The second-order valence-electron chi connectivity index (χ2n) is 7.54. The molecule has 0 radical (unpaired) electrons. The van der Waals surface area contributed by atoms with E-state index in [0.717, 1.165) is 17.7 Å². The van der Waals surface area contributed by atoms with Crippen molar-refractivity contribution >= 4 is 43.5 Å². The predicted molar refractivity (Wildman–Crippen MR) is 124 cm³/mol. The van der Waals surface area contributed by atoms with Gasteiger partial charge in [0.1, 0.15) is 17.2 Å². The maximum Gasteiger partial charge on any atom is 0.325 e. The number of rotatable bonds is 7. The largest absolute Gasteiger partial charge is 0.480 e. The fraction of sp³-hybridized carbons (Fsp3) is 0.286. The van der Waals surface area contributed by atoms with Crippen LogP contribution in [0.5, 0.6) is 11.6 Å². The van der Waals surface area contributed by atoms with Crippen molar-refractivity contribution in [3.63, 3.8) is 0 Å². The minimum Gasteiger partial charge on any atom is -0.480 e. The van der Waals surface area contributed by atoms with Crippen molar-refractivity contribution < 1.29 is 23.1 Å². The first-order chi connectivity index (χ1) is 15.7. The van der Waals surface area contributed by atoms with E-state index in [9.17, 15) is 13.2 Å². The Balaban J connectivity index is 1.58. The Kier molecular flexibility index (Phi) is 6.76. The van der Waals surface area contributed by atoms with Crippen LogP contribution >= 0.6 is 27.5 Å². The number of halogens is 2. The number of carboxylic acids is 1. The Morgan fingerprint density at radius 2 is 2.06 bits per heavy atom. The zero-order chi connectivity index (χ0) is 23.8. The van der Waals surface area contributed by atoms with E-state index in [1.165, 1.54) is 28.3 Å². The Bertz CT molecular complexity index is 1300. The van der Waals surface area contributed by atoms with E-state index in [-0.39, 0.29) is 17.3 Å². The zero-order valence-corrected chi connectivity index (χ0v) is 20.6. The highest BCUT2D eigenvalue weighted by molar-refractivity contribution is 9.10. The molecule has 1 aliphatic carbocycles. The van der Waals surface area contributed by atoms with Crippen LogP contribution in [0.25, 0.3) is 0 Å². The molecule has 0 unspecified atom stereocenters. The molecule has 2 heterocycles. The Morgan fingerprint density at radius 3 is 2.73 bits per heavy atom. The molecule has 0 amide bonds. The van der Waals surface area contributed by atoms with Crippen molar-refractivity contribution in [3.05, 3.63) is 63.5 Å². The topological polar surface area (TPSA) is 115 Å². The Labute approximate surface area is 204 Å². The van der Waals surface area contributed by atoms with Gasteiger partial charge in [0.05, 0.1) is 22.9 Å². The van der Waals surface area contributed by atoms with Crippen LogP contribution in [-0.2, 0) is 27.8 Å². The number of sulfonamides is 1. The van der Waals surface area contributed by atoms with Gasteiger partial charge in [-0.15, -0.1) is 0 Å². The van der Waals surface area contributed by atoms with Gasteiger partial charge in [0.25, 0.3) is 0 Å². The van der Waals surface area contributed by atoms with Crippen molar-refractivity contribution in [1.29, 1.82) is 0 Å². The molecule has 1 N–H and O–H groups in total. The first-order valence-electron chi connectivity index (χ1n) is 10.00. The Morgan fingerprint density at radius 1 is 1.33 bits per heavy atom. The van der Waals surface area contributed by atoms with Crippen LogP contribution in [0.1, 0.15) is 30.1 Å². The second-order valence-corrected chi connectivity index (χ2v) is 10.8. The van der Waals surface area contributed by atoms with Crippen molar-refractivity contribution in [2.24, 2.45) is 0 Å². The minimum absolute atomic E-state index is 0.00498. The number of hydrogen-bond donors (Lipinski definition) is 1. The highest BCUT2D eigenvalue weighted by Crippen LogP contribution is 2.37. The minimum atomic E-state index is -3.90. The lowest BCUT2D eigenvalue weighted by molar-refractivity contribution is -0.137. The number of hydrogen-bond acceptors (Lipinski definition) is 6. The van der Waals surface area contributed by atoms with Crippen molar-refractivity contribution in [3.8, 4) is 11.6 Å². The van der Waals surface area contributed by atoms with E-state index in [0.29, 0.717) is 28.1 Å². The molecular formula is C21H20BrClN4O5S. The molecule has 2 aromatic heterocycles. The smallest absolute Gasteiger partial charge is 0.325 e. The molecule has 174 valence electrons. The third-order valence-corrected chi connectivity index (χ3v) is 8.09. The average Bonchev–Trinajstić information content (AvgIpc) is 3.18. The molecule has 0 fully saturated rings. The highest BCUT2D eigenvalue weighted by Gasteiger charge is 2.34. The Hall–Kier alpha value is -2.47. The molecule has 3 aromatic rings. The number of pyridine rings is 1. The molecule has 33 heavy (non-hydrogen) atoms. The average molecular weight is 556 g/mol. The lowest BCUT2D eigenvalue weighted by atomic mass is 9.93. The number of fused-ring (bicyclic) bond motifs is 1. The summed E-state index contributed by atoms with van der Waals surface area (Å²) in [5.41, 5.74) is 1.48. The first-order valence-corrected chi connectivity index (χ1v) is 12.6. The summed E-state index contributed by atoms with van der Waals surface area (Å²) in [5, 5.41) is 13.8. The molecule has 0 saturated carbocycles. The summed E-state index contributed by atoms with van der Waals surface area (Å²) in [5.74, 6) is -0.275. The first kappa shape index (κ1) is 23.7. The maximum absolute atomic E-state index is 13.4. The number of benzene rings is 1. The second kappa shape index (κ2) is 9.41. The zero-order valence-electron chi connectivity index (χ0n) is 17.5. The maximum atomic E-state index is 13.4. The predicted octanol–water partition coefficient (Wildman–Crippen LogP) is 4.27. The summed E-state index contributed by atoms with van der Waals surface area (Å²) < 4.78 is 35.5. The fourth-order valence-corrected chi connectivity index (χ4v) is 5.86. The van der Waals surface area contributed by atoms with Gasteiger partial charge in [0.2, 0.25) is 15.9 Å². The van der Waals surface area contributed by atoms with Gasteiger partial charge in [-0.25, -0.2) is 13.4 Å². The molecular weight excluding hydrogens is 536 g/mol. The van der Waals surface area contributed by atoms with Gasteiger partial charge in [0.15, 0.2) is 0 Å². The van der Waals surface area contributed by atoms with Crippen LogP contribution < -0.4 is 4.74 Å². The van der Waals surface area contributed by atoms with Gasteiger partial charge in [-0.05, 0) is 65.5 Å². The van der Waals surface area contributed by atoms with E-state index in [4.69, 9.17) is 21.4 Å². The normalized spacial score (nSPS) is 15.9. The molecule has 9 nitrogen and oxygen atoms in total. The van der Waals surface area contributed by atoms with Crippen LogP contribution in [-0.4, -0.2) is 45.6 Å². The lowest BCUT2D eigenvalue weighted by Gasteiger charge is -2.30. The van der Waals surface area contributed by atoms with Gasteiger partial charge >= 0.3 is 5.97 Å². The van der Waals surface area contributed by atoms with Crippen LogP contribution in [0.15, 0.2) is 52.1 Å². The van der Waals surface area contributed by atoms with Crippen LogP contribution in [0.3, 0.4) is 0 Å². The monoisotopic (exact) mass is 554 g/mol. The van der Waals surface area contributed by atoms with Gasteiger partial charge in [-0.3, -0.25) is 9.48 Å². The van der Waals surface area contributed by atoms with E-state index in [1.54, 1.807) is 30.5 Å². The summed E-state index contributed by atoms with van der Waals surface area (Å²) in [7, 11) is -2.39. The van der Waals surface area contributed by atoms with Crippen LogP contribution in [0.4, 0.5) is 0 Å². The van der Waals surface area contributed by atoms with Crippen molar-refractivity contribution in [1.82, 2.24) is 19.1 Å². The lowest BCUT2D eigenvalue weighted by Crippen LogP contribution is -2.33. The fourth-order valence-electron chi connectivity index (χ4n) is 3.81. The summed E-state index contributed by atoms with van der Waals surface area (Å²) in [6.45, 7) is -0.259. The molecule has 0 bridgehead atoms. The molecule has 1 aliphatic rings. The third-order valence-electron chi connectivity index (χ3n) is 5.44. The van der Waals surface area contributed by atoms with E-state index < -0.39 is 22.0 Å². The summed E-state index contributed by atoms with van der Waals surface area (Å²) in [6, 6.07) is 7.71. The number of carboxylic acid groups (broad SMARTS) is 1. The standard InChI is InChI=1S/C21H20BrClN4O5S/c1-26(18-3-2-4-19-16(18)11-25-27(19)12-20(28)29)33(30,31)15-9-17(22)21(24-10-15)32-14-7-5-13(23)6-8-14/h5-11,18H,2-4,12H2,1H3,(H,28,29)/t18-/m1/s1. The van der Waals surface area contributed by atoms with Crippen LogP contribution in [0.2, 0.25) is 5.02 Å². The molecule has 1 atom stereocenters. The van der Waals surface area contributed by atoms with E-state index in [1.807, 2.05) is 0 Å². The number of nitrogens with zero attached hydrogens (tertiary/aromatic N) is 4. The molecule has 1 aromatic carbocycles. The summed E-state index contributed by atoms with van der Waals surface area (Å²) >= 11 is 9.23. The summed E-state index contributed by atoms with van der Waals surface area (Å²) in [6.07, 6.45) is 4.79. The van der Waals surface area contributed by atoms with Gasteiger partial charge in [-0.2, -0.15) is 9.40 Å². The van der Waals surface area contributed by atoms with Gasteiger partial charge in [0, 0.05) is 23.3 Å². The SMILES string of the molecule is CN([C@@H]1CCCc2c1cnn2CC(=O)O)S(=O)(=O)c1cnc(Oc2ccc(Cl)cc2)c(Br)c1. The molecule has 4 rings (SSSR count). The van der Waals surface area contributed by atoms with Crippen molar-refractivity contribution in [2.45, 2.75) is 36.7 Å². The molecule has 0 spiro atoms. The molecule has 12 heteroatoms. The van der Waals surface area contributed by atoms with Crippen molar-refractivity contribution in [2.75, 3.05) is 7.05 Å². The van der Waals surface area contributed by atoms with E-state index >= 15 is 0 Å². The molecule has 0 aliphatic heterocycles. The van der Waals surface area contributed by atoms with Crippen LogP contribution in [0, 0.1) is 0 Å². The van der Waals surface area contributed by atoms with E-state index in [2.05, 4.69) is 26.0 Å². The number of carbonyl (C=O) groups is 1. The van der Waals surface area contributed by atoms with Gasteiger partial charge in [-0.1, -0.05) is 11.6 Å².